The highest BCUT2D eigenvalue weighted by molar-refractivity contribution is 6.15. The average molecular weight is 750 g/mol. The van der Waals surface area contributed by atoms with Crippen LogP contribution >= 0.6 is 0 Å². The van der Waals surface area contributed by atoms with Crippen molar-refractivity contribution in [1.29, 1.82) is 0 Å². The summed E-state index contributed by atoms with van der Waals surface area (Å²) in [5.41, 5.74) is 12.8. The highest BCUT2D eigenvalue weighted by Gasteiger charge is 2.18. The first-order chi connectivity index (χ1) is 29.2. The molecule has 0 atom stereocenters. The Morgan fingerprint density at radius 2 is 0.627 bits per heavy atom. The maximum absolute atomic E-state index is 2.42. The molecular formula is C58H39N. The number of nitrogens with zero attached hydrogens (tertiary/aromatic N) is 1. The maximum atomic E-state index is 2.42. The second-order valence-electron chi connectivity index (χ2n) is 15.3. The van der Waals surface area contributed by atoms with Gasteiger partial charge in [-0.25, -0.2) is 0 Å². The zero-order valence-corrected chi connectivity index (χ0v) is 32.5. The van der Waals surface area contributed by atoms with Crippen LogP contribution < -0.4 is 4.90 Å². The standard InChI is InChI=1S/C58H39N/c1-3-16-40(17-4-1)46-34-47(41-18-5-2-6-19-41)37-50(36-46)59(48-32-30-42(31-33-48)57-38-44-20-7-9-24-51(44)53-26-11-13-28-55(53)57)49-23-15-22-43(35-49)58-39-45-21-8-10-25-52(45)54-27-12-14-29-56(54)58/h1-39H. The van der Waals surface area contributed by atoms with Crippen molar-refractivity contribution in [2.45, 2.75) is 0 Å². The Bertz CT molecular complexity index is 3250. The molecule has 0 aliphatic heterocycles. The zero-order chi connectivity index (χ0) is 39.1. The van der Waals surface area contributed by atoms with Gasteiger partial charge in [0, 0.05) is 17.1 Å². The third kappa shape index (κ3) is 6.30. The summed E-state index contributed by atoms with van der Waals surface area (Å²) in [5.74, 6) is 0. The quantitative estimate of drug-likeness (QED) is 0.147. The van der Waals surface area contributed by atoms with Crippen LogP contribution in [0, 0.1) is 0 Å². The van der Waals surface area contributed by atoms with Crippen LogP contribution in [0.15, 0.2) is 237 Å². The molecule has 11 aromatic rings. The highest BCUT2D eigenvalue weighted by Crippen LogP contribution is 2.43. The van der Waals surface area contributed by atoms with Gasteiger partial charge in [0.05, 0.1) is 0 Å². The minimum Gasteiger partial charge on any atom is -0.310 e. The van der Waals surface area contributed by atoms with E-state index in [1.165, 1.54) is 87.6 Å². The molecule has 0 saturated carbocycles. The normalized spacial score (nSPS) is 11.4. The molecule has 0 saturated heterocycles. The average Bonchev–Trinajstić information content (AvgIpc) is 3.32. The van der Waals surface area contributed by atoms with Gasteiger partial charge in [-0.15, -0.1) is 0 Å². The fourth-order valence-electron chi connectivity index (χ4n) is 8.97. The molecule has 0 unspecified atom stereocenters. The van der Waals surface area contributed by atoms with Gasteiger partial charge in [-0.2, -0.15) is 0 Å². The summed E-state index contributed by atoms with van der Waals surface area (Å²) in [6.45, 7) is 0. The predicted octanol–water partition coefficient (Wildman–Crippen LogP) is 16.4. The van der Waals surface area contributed by atoms with Gasteiger partial charge in [0.15, 0.2) is 0 Å². The second kappa shape index (κ2) is 14.6. The Hall–Kier alpha value is -7.74. The highest BCUT2D eigenvalue weighted by atomic mass is 15.1. The minimum absolute atomic E-state index is 1.09. The molecule has 0 heterocycles. The molecule has 276 valence electrons. The van der Waals surface area contributed by atoms with Gasteiger partial charge < -0.3 is 4.90 Å². The summed E-state index contributed by atoms with van der Waals surface area (Å²) in [5, 5.41) is 10.1. The molecular weight excluding hydrogens is 711 g/mol. The maximum Gasteiger partial charge on any atom is 0.0473 e. The second-order valence-corrected chi connectivity index (χ2v) is 15.3. The third-order valence-electron chi connectivity index (χ3n) is 11.8. The van der Waals surface area contributed by atoms with E-state index in [0.29, 0.717) is 0 Å². The molecule has 1 heteroatoms. The molecule has 0 aromatic heterocycles. The van der Waals surface area contributed by atoms with Crippen molar-refractivity contribution in [3.05, 3.63) is 237 Å². The van der Waals surface area contributed by atoms with Crippen molar-refractivity contribution in [1.82, 2.24) is 0 Å². The fraction of sp³-hybridized carbons (Fsp3) is 0. The first kappa shape index (κ1) is 34.5. The Labute approximate surface area is 344 Å². The van der Waals surface area contributed by atoms with Crippen molar-refractivity contribution in [2.24, 2.45) is 0 Å². The van der Waals surface area contributed by atoms with Crippen LogP contribution in [-0.4, -0.2) is 0 Å². The Morgan fingerprint density at radius 3 is 1.17 bits per heavy atom. The lowest BCUT2D eigenvalue weighted by Crippen LogP contribution is -2.10. The van der Waals surface area contributed by atoms with E-state index >= 15 is 0 Å². The molecule has 59 heavy (non-hydrogen) atoms. The first-order valence-electron chi connectivity index (χ1n) is 20.3. The van der Waals surface area contributed by atoms with Gasteiger partial charge in [0.1, 0.15) is 0 Å². The van der Waals surface area contributed by atoms with Crippen LogP contribution in [0.5, 0.6) is 0 Å². The van der Waals surface area contributed by atoms with E-state index in [1.54, 1.807) is 0 Å². The first-order valence-corrected chi connectivity index (χ1v) is 20.3. The van der Waals surface area contributed by atoms with Crippen LogP contribution in [-0.2, 0) is 0 Å². The summed E-state index contributed by atoms with van der Waals surface area (Å²) in [4.78, 5) is 2.42. The van der Waals surface area contributed by atoms with Crippen LogP contribution in [0.4, 0.5) is 17.1 Å². The largest absolute Gasteiger partial charge is 0.310 e. The predicted molar refractivity (Wildman–Crippen MR) is 253 cm³/mol. The van der Waals surface area contributed by atoms with Crippen LogP contribution in [0.3, 0.4) is 0 Å². The number of hydrogen-bond acceptors (Lipinski definition) is 1. The van der Waals surface area contributed by atoms with E-state index in [0.717, 1.165) is 17.1 Å². The van der Waals surface area contributed by atoms with Crippen molar-refractivity contribution < 1.29 is 0 Å². The van der Waals surface area contributed by atoms with Gasteiger partial charge in [-0.05, 0) is 142 Å². The molecule has 11 aromatic carbocycles. The van der Waals surface area contributed by atoms with Gasteiger partial charge >= 0.3 is 0 Å². The van der Waals surface area contributed by atoms with Crippen molar-refractivity contribution in [3.8, 4) is 44.5 Å². The lowest BCUT2D eigenvalue weighted by molar-refractivity contribution is 1.28. The van der Waals surface area contributed by atoms with E-state index < -0.39 is 0 Å². The Balaban J connectivity index is 1.12. The molecule has 0 radical (unpaired) electrons. The van der Waals surface area contributed by atoms with E-state index in [9.17, 15) is 0 Å². The molecule has 0 N–H and O–H groups in total. The lowest BCUT2D eigenvalue weighted by atomic mass is 9.92. The molecule has 0 aliphatic carbocycles. The smallest absolute Gasteiger partial charge is 0.0473 e. The van der Waals surface area contributed by atoms with E-state index in [1.807, 2.05) is 0 Å². The molecule has 11 rings (SSSR count). The Morgan fingerprint density at radius 1 is 0.203 bits per heavy atom. The third-order valence-corrected chi connectivity index (χ3v) is 11.8. The molecule has 0 fully saturated rings. The van der Waals surface area contributed by atoms with Crippen molar-refractivity contribution in [3.63, 3.8) is 0 Å². The van der Waals surface area contributed by atoms with Crippen molar-refractivity contribution >= 4 is 60.2 Å². The molecule has 1 nitrogen and oxygen atoms in total. The van der Waals surface area contributed by atoms with Crippen LogP contribution in [0.1, 0.15) is 0 Å². The van der Waals surface area contributed by atoms with Crippen LogP contribution in [0.25, 0.3) is 87.6 Å². The number of rotatable bonds is 7. The fourth-order valence-corrected chi connectivity index (χ4v) is 8.97. The molecule has 0 bridgehead atoms. The number of fused-ring (bicyclic) bond motifs is 6. The molecule has 0 amide bonds. The van der Waals surface area contributed by atoms with E-state index in [4.69, 9.17) is 0 Å². The van der Waals surface area contributed by atoms with Crippen molar-refractivity contribution in [2.75, 3.05) is 4.90 Å². The summed E-state index contributed by atoms with van der Waals surface area (Å²) < 4.78 is 0. The number of hydrogen-bond donors (Lipinski definition) is 0. The summed E-state index contributed by atoms with van der Waals surface area (Å²) >= 11 is 0. The topological polar surface area (TPSA) is 3.24 Å². The minimum atomic E-state index is 1.09. The van der Waals surface area contributed by atoms with Gasteiger partial charge in [0.2, 0.25) is 0 Å². The number of anilines is 3. The SMILES string of the molecule is c1ccc(-c2cc(-c3ccccc3)cc(N(c3ccc(-c4cc5ccccc5c5ccccc45)cc3)c3cccc(-c4cc5ccccc5c5ccccc45)c3)c2)cc1. The van der Waals surface area contributed by atoms with Gasteiger partial charge in [-0.3, -0.25) is 0 Å². The molecule has 0 aliphatic rings. The molecule has 0 spiro atoms. The summed E-state index contributed by atoms with van der Waals surface area (Å²) in [6.07, 6.45) is 0. The van der Waals surface area contributed by atoms with E-state index in [-0.39, 0.29) is 0 Å². The van der Waals surface area contributed by atoms with Crippen LogP contribution in [0.2, 0.25) is 0 Å². The number of benzene rings is 11. The lowest BCUT2D eigenvalue weighted by Gasteiger charge is -2.28. The monoisotopic (exact) mass is 749 g/mol. The Kier molecular flexibility index (Phi) is 8.56. The van der Waals surface area contributed by atoms with Gasteiger partial charge in [0.25, 0.3) is 0 Å². The summed E-state index contributed by atoms with van der Waals surface area (Å²) in [7, 11) is 0. The summed E-state index contributed by atoms with van der Waals surface area (Å²) in [6, 6.07) is 86.4. The van der Waals surface area contributed by atoms with E-state index in [2.05, 4.69) is 241 Å². The van der Waals surface area contributed by atoms with Gasteiger partial charge in [-0.1, -0.05) is 182 Å². The zero-order valence-electron chi connectivity index (χ0n) is 32.5.